The van der Waals surface area contributed by atoms with E-state index in [4.69, 9.17) is 27.4 Å². The molecule has 0 spiro atoms. The zero-order valence-corrected chi connectivity index (χ0v) is 9.63. The Hall–Kier alpha value is -1.69. The predicted octanol–water partition coefficient (Wildman–Crippen LogP) is 1.15. The molecular formula is C11H10FNO3S. The minimum absolute atomic E-state index is 0.00569. The monoisotopic (exact) mass is 255 g/mol. The number of carbonyl (C=O) groups is 1. The second-order valence-corrected chi connectivity index (χ2v) is 4.01. The van der Waals surface area contributed by atoms with Crippen LogP contribution in [0.4, 0.5) is 4.39 Å². The number of nitrogens with two attached hydrogens (primary N) is 1. The highest BCUT2D eigenvalue weighted by atomic mass is 32.1. The van der Waals surface area contributed by atoms with Gasteiger partial charge in [0, 0.05) is 12.0 Å². The van der Waals surface area contributed by atoms with Gasteiger partial charge in [-0.05, 0) is 18.2 Å². The van der Waals surface area contributed by atoms with Crippen LogP contribution in [-0.2, 0) is 9.53 Å². The zero-order chi connectivity index (χ0) is 12.4. The van der Waals surface area contributed by atoms with Crippen molar-refractivity contribution < 1.29 is 18.7 Å². The van der Waals surface area contributed by atoms with Crippen LogP contribution >= 0.6 is 12.2 Å². The Morgan fingerprint density at radius 3 is 2.88 bits per heavy atom. The van der Waals surface area contributed by atoms with Gasteiger partial charge in [0.15, 0.2) is 17.7 Å². The molecule has 1 saturated heterocycles. The van der Waals surface area contributed by atoms with Crippen molar-refractivity contribution in [3.8, 4) is 5.75 Å². The van der Waals surface area contributed by atoms with Gasteiger partial charge in [-0.15, -0.1) is 0 Å². The number of cyclic esters (lactones) is 1. The third-order valence-electron chi connectivity index (χ3n) is 2.37. The summed E-state index contributed by atoms with van der Waals surface area (Å²) < 4.78 is 23.5. The van der Waals surface area contributed by atoms with Crippen LogP contribution in [0.15, 0.2) is 18.2 Å². The van der Waals surface area contributed by atoms with Gasteiger partial charge in [0.1, 0.15) is 4.99 Å². The summed E-state index contributed by atoms with van der Waals surface area (Å²) in [5, 5.41) is 0. The molecule has 90 valence electrons. The molecule has 0 bridgehead atoms. The smallest absolute Gasteiger partial charge is 0.347 e. The summed E-state index contributed by atoms with van der Waals surface area (Å²) in [7, 11) is 0. The topological polar surface area (TPSA) is 61.6 Å². The Morgan fingerprint density at radius 2 is 2.35 bits per heavy atom. The fraction of sp³-hybridized carbons (Fsp3) is 0.273. The van der Waals surface area contributed by atoms with Crippen molar-refractivity contribution in [2.45, 2.75) is 12.5 Å². The van der Waals surface area contributed by atoms with Crippen LogP contribution in [0.2, 0.25) is 0 Å². The van der Waals surface area contributed by atoms with Gasteiger partial charge in [-0.25, -0.2) is 9.18 Å². The van der Waals surface area contributed by atoms with Gasteiger partial charge in [0.25, 0.3) is 0 Å². The molecule has 0 saturated carbocycles. The van der Waals surface area contributed by atoms with Crippen LogP contribution in [0.3, 0.4) is 0 Å². The van der Waals surface area contributed by atoms with E-state index in [1.165, 1.54) is 12.1 Å². The Balaban J connectivity index is 2.16. The number of esters is 1. The highest BCUT2D eigenvalue weighted by Crippen LogP contribution is 2.22. The van der Waals surface area contributed by atoms with E-state index in [0.717, 1.165) is 0 Å². The molecule has 0 aliphatic carbocycles. The van der Waals surface area contributed by atoms with Gasteiger partial charge in [0.2, 0.25) is 0 Å². The van der Waals surface area contributed by atoms with Crippen molar-refractivity contribution in [1.29, 1.82) is 0 Å². The number of hydrogen-bond acceptors (Lipinski definition) is 4. The highest BCUT2D eigenvalue weighted by Gasteiger charge is 2.29. The van der Waals surface area contributed by atoms with Crippen molar-refractivity contribution in [1.82, 2.24) is 0 Å². The van der Waals surface area contributed by atoms with E-state index >= 15 is 0 Å². The highest BCUT2D eigenvalue weighted by molar-refractivity contribution is 7.80. The molecule has 1 fully saturated rings. The molecule has 0 aromatic heterocycles. The van der Waals surface area contributed by atoms with E-state index < -0.39 is 17.9 Å². The molecule has 0 amide bonds. The number of ether oxygens (including phenoxy) is 2. The first kappa shape index (κ1) is 11.8. The summed E-state index contributed by atoms with van der Waals surface area (Å²) >= 11 is 4.72. The normalized spacial score (nSPS) is 18.9. The summed E-state index contributed by atoms with van der Waals surface area (Å²) in [5.41, 5.74) is 5.78. The lowest BCUT2D eigenvalue weighted by molar-refractivity contribution is -0.143. The maximum atomic E-state index is 13.6. The average molecular weight is 255 g/mol. The van der Waals surface area contributed by atoms with Crippen LogP contribution in [0.25, 0.3) is 0 Å². The molecule has 1 aromatic carbocycles. The molecule has 2 N–H and O–H groups in total. The van der Waals surface area contributed by atoms with E-state index in [1.807, 2.05) is 0 Å². The summed E-state index contributed by atoms with van der Waals surface area (Å²) in [6, 6.07) is 4.12. The summed E-state index contributed by atoms with van der Waals surface area (Å²) in [6.07, 6.45) is -0.310. The zero-order valence-electron chi connectivity index (χ0n) is 8.81. The standard InChI is InChI=1S/C11H10FNO3S/c12-7-5-6(10(13)17)1-2-8(7)16-9-3-4-15-11(9)14/h1-2,5,9H,3-4H2,(H2,13,17). The molecular weight excluding hydrogens is 245 g/mol. The van der Waals surface area contributed by atoms with Crippen LogP contribution in [0.5, 0.6) is 5.75 Å². The van der Waals surface area contributed by atoms with Gasteiger partial charge in [-0.1, -0.05) is 12.2 Å². The number of halogens is 1. The van der Waals surface area contributed by atoms with Crippen LogP contribution in [0, 0.1) is 5.82 Å². The van der Waals surface area contributed by atoms with Crippen LogP contribution in [-0.4, -0.2) is 23.7 Å². The molecule has 1 aliphatic rings. The Kier molecular flexibility index (Phi) is 3.23. The summed E-state index contributed by atoms with van der Waals surface area (Å²) in [6.45, 7) is 0.302. The molecule has 0 radical (unpaired) electrons. The number of carbonyl (C=O) groups excluding carboxylic acids is 1. The largest absolute Gasteiger partial charge is 0.476 e. The molecule has 17 heavy (non-hydrogen) atoms. The fourth-order valence-corrected chi connectivity index (χ4v) is 1.61. The average Bonchev–Trinajstić information content (AvgIpc) is 2.67. The Labute approximate surface area is 103 Å². The predicted molar refractivity (Wildman–Crippen MR) is 62.3 cm³/mol. The van der Waals surface area contributed by atoms with Crippen molar-refractivity contribution in [2.24, 2.45) is 5.73 Å². The minimum atomic E-state index is -0.736. The third-order valence-corrected chi connectivity index (χ3v) is 2.61. The van der Waals surface area contributed by atoms with Gasteiger partial charge < -0.3 is 15.2 Å². The van der Waals surface area contributed by atoms with E-state index in [9.17, 15) is 9.18 Å². The van der Waals surface area contributed by atoms with Crippen molar-refractivity contribution in [2.75, 3.05) is 6.61 Å². The van der Waals surface area contributed by atoms with Gasteiger partial charge in [-0.2, -0.15) is 0 Å². The lowest BCUT2D eigenvalue weighted by Crippen LogP contribution is -2.22. The Morgan fingerprint density at radius 1 is 1.59 bits per heavy atom. The van der Waals surface area contributed by atoms with E-state index in [0.29, 0.717) is 18.6 Å². The molecule has 1 aromatic rings. The second kappa shape index (κ2) is 4.67. The van der Waals surface area contributed by atoms with E-state index in [2.05, 4.69) is 0 Å². The van der Waals surface area contributed by atoms with Crippen molar-refractivity contribution in [3.05, 3.63) is 29.6 Å². The molecule has 1 aliphatic heterocycles. The fourth-order valence-electron chi connectivity index (χ4n) is 1.49. The number of thiocarbonyl (C=S) groups is 1. The van der Waals surface area contributed by atoms with Gasteiger partial charge in [0.05, 0.1) is 6.61 Å². The number of hydrogen-bond donors (Lipinski definition) is 1. The third kappa shape index (κ3) is 2.52. The Bertz CT molecular complexity index is 478. The SMILES string of the molecule is NC(=S)c1ccc(OC2CCOC2=O)c(F)c1. The first-order valence-electron chi connectivity index (χ1n) is 5.00. The number of benzene rings is 1. The van der Waals surface area contributed by atoms with Crippen LogP contribution in [0.1, 0.15) is 12.0 Å². The first-order valence-corrected chi connectivity index (χ1v) is 5.41. The maximum Gasteiger partial charge on any atom is 0.347 e. The lowest BCUT2D eigenvalue weighted by atomic mass is 10.2. The van der Waals surface area contributed by atoms with E-state index in [-0.39, 0.29) is 10.7 Å². The second-order valence-electron chi connectivity index (χ2n) is 3.57. The molecule has 1 atom stereocenters. The molecule has 4 nitrogen and oxygen atoms in total. The lowest BCUT2D eigenvalue weighted by Gasteiger charge is -2.11. The van der Waals surface area contributed by atoms with Crippen molar-refractivity contribution in [3.63, 3.8) is 0 Å². The first-order chi connectivity index (χ1) is 8.08. The van der Waals surface area contributed by atoms with E-state index in [1.54, 1.807) is 6.07 Å². The quantitative estimate of drug-likeness (QED) is 0.648. The molecule has 1 heterocycles. The molecule has 1 unspecified atom stereocenters. The summed E-state index contributed by atoms with van der Waals surface area (Å²) in [4.78, 5) is 11.3. The van der Waals surface area contributed by atoms with Gasteiger partial charge >= 0.3 is 5.97 Å². The van der Waals surface area contributed by atoms with Crippen molar-refractivity contribution >= 4 is 23.2 Å². The number of rotatable bonds is 3. The minimum Gasteiger partial charge on any atom is -0.476 e. The molecule has 2 rings (SSSR count). The maximum absolute atomic E-state index is 13.6. The van der Waals surface area contributed by atoms with Gasteiger partial charge in [-0.3, -0.25) is 0 Å². The van der Waals surface area contributed by atoms with Crippen LogP contribution < -0.4 is 10.5 Å². The molecule has 6 heteroatoms. The summed E-state index contributed by atoms with van der Waals surface area (Å²) in [5.74, 6) is -1.08.